The van der Waals surface area contributed by atoms with E-state index in [-0.39, 0.29) is 20.1 Å². The van der Waals surface area contributed by atoms with Gasteiger partial charge in [0, 0.05) is 34.9 Å². The molecular formula is C54H43IrN6O. The van der Waals surface area contributed by atoms with Gasteiger partial charge in [0.15, 0.2) is 0 Å². The molecule has 8 heteroatoms. The predicted octanol–water partition coefficient (Wildman–Crippen LogP) is 13.4. The maximum Gasteiger partial charge on any atom is 3.00 e. The molecule has 304 valence electrons. The molecule has 6 heterocycles. The number of rotatable bonds is 8. The van der Waals surface area contributed by atoms with Crippen LogP contribution in [-0.4, -0.2) is 24.9 Å². The Morgan fingerprint density at radius 3 is 1.90 bits per heavy atom. The molecule has 0 amide bonds. The minimum absolute atomic E-state index is 0. The van der Waals surface area contributed by atoms with E-state index in [4.69, 9.17) is 9.40 Å². The third-order valence-corrected chi connectivity index (χ3v) is 10.7. The first-order valence-electron chi connectivity index (χ1n) is 20.6. The topological polar surface area (TPSA) is 91.7 Å². The first-order valence-corrected chi connectivity index (χ1v) is 20.6. The van der Waals surface area contributed by atoms with E-state index in [1.165, 1.54) is 27.8 Å². The summed E-state index contributed by atoms with van der Waals surface area (Å²) < 4.78 is 6.11. The smallest absolute Gasteiger partial charge is 0.476 e. The van der Waals surface area contributed by atoms with Crippen LogP contribution in [0.25, 0.3) is 89.6 Å². The molecular weight excluding hydrogens is 941 g/mol. The van der Waals surface area contributed by atoms with Gasteiger partial charge in [-0.2, -0.15) is 0 Å². The van der Waals surface area contributed by atoms with E-state index < -0.39 is 0 Å². The summed E-state index contributed by atoms with van der Waals surface area (Å²) in [5, 5.41) is 1.97. The maximum absolute atomic E-state index is 6.11. The first-order chi connectivity index (χ1) is 29.8. The summed E-state index contributed by atoms with van der Waals surface area (Å²) in [6.07, 6.45) is 6.98. The number of imidazole rings is 1. The number of hydrogen-bond donors (Lipinski definition) is 0. The Balaban J connectivity index is 0.000000175. The fourth-order valence-corrected chi connectivity index (χ4v) is 7.72. The average Bonchev–Trinajstić information content (AvgIpc) is 3.98. The van der Waals surface area contributed by atoms with Gasteiger partial charge < -0.3 is 14.4 Å². The van der Waals surface area contributed by atoms with Crippen molar-refractivity contribution in [1.82, 2.24) is 29.9 Å². The third kappa shape index (κ3) is 8.66. The van der Waals surface area contributed by atoms with Crippen LogP contribution in [0.5, 0.6) is 0 Å². The summed E-state index contributed by atoms with van der Waals surface area (Å²) in [5.41, 5.74) is 15.9. The molecule has 6 aromatic heterocycles. The normalized spacial score (nSPS) is 11.1. The largest absolute Gasteiger partial charge is 3.00 e. The van der Waals surface area contributed by atoms with Gasteiger partial charge in [-0.05, 0) is 99.4 Å². The summed E-state index contributed by atoms with van der Waals surface area (Å²) in [7, 11) is 0. The Hall–Kier alpha value is -6.86. The van der Waals surface area contributed by atoms with Crippen molar-refractivity contribution in [1.29, 1.82) is 0 Å². The Morgan fingerprint density at radius 2 is 1.26 bits per heavy atom. The van der Waals surface area contributed by atoms with Crippen LogP contribution in [0.1, 0.15) is 56.4 Å². The van der Waals surface area contributed by atoms with Gasteiger partial charge in [-0.25, -0.2) is 4.98 Å². The molecule has 0 radical (unpaired) electrons. The van der Waals surface area contributed by atoms with Gasteiger partial charge in [0.25, 0.3) is 0 Å². The van der Waals surface area contributed by atoms with Crippen molar-refractivity contribution in [2.45, 2.75) is 46.5 Å². The molecule has 0 unspecified atom stereocenters. The van der Waals surface area contributed by atoms with Crippen molar-refractivity contribution in [3.05, 3.63) is 187 Å². The SMILES string of the molecule is CC(C)c1cc(-c2ccccc2)cc(C(C)C)c1-c1cc(-c2[c-]cccc2)nc(-c2ncc[n-]2)c1.Cc1ccc2c(n1)oc1c(-c3ccccn3)[c-]c(-c3ccccn3)cc12.[Ir+3]. The van der Waals surface area contributed by atoms with Gasteiger partial charge in [-0.3, -0.25) is 15.0 Å². The van der Waals surface area contributed by atoms with Crippen molar-refractivity contribution in [2.24, 2.45) is 0 Å². The molecule has 4 aromatic carbocycles. The number of aryl methyl sites for hydroxylation is 1. The minimum Gasteiger partial charge on any atom is -0.476 e. The van der Waals surface area contributed by atoms with E-state index in [2.05, 4.69) is 125 Å². The zero-order valence-electron chi connectivity index (χ0n) is 35.1. The first kappa shape index (κ1) is 41.9. The summed E-state index contributed by atoms with van der Waals surface area (Å²) >= 11 is 0. The monoisotopic (exact) mass is 984 g/mol. The fourth-order valence-electron chi connectivity index (χ4n) is 7.72. The number of furan rings is 1. The van der Waals surface area contributed by atoms with Gasteiger partial charge in [-0.1, -0.05) is 124 Å². The predicted molar refractivity (Wildman–Crippen MR) is 246 cm³/mol. The Morgan fingerprint density at radius 1 is 0.565 bits per heavy atom. The molecule has 0 atom stereocenters. The number of pyridine rings is 4. The Labute approximate surface area is 375 Å². The average molecular weight is 984 g/mol. The standard InChI is InChI=1S/C32H29N3.C22H14N3O.Ir/c1-21(2)27-17-25(23-11-7-5-8-12-23)18-28(22(3)4)31(27)26-19-29(24-13-9-6-10-14-24)35-30(20-26)32-33-15-16-34-32;1-14-8-9-16-17-12-15(19-6-2-4-10-23-19)13-18(20-7-3-5-11-24-20)21(17)26-22(16)25-14;/h5-13,15-22H,1-4H3;2-12H,1H3;/q-2;-1;+3. The summed E-state index contributed by atoms with van der Waals surface area (Å²) in [5.74, 6) is 1.34. The van der Waals surface area contributed by atoms with Gasteiger partial charge in [0.2, 0.25) is 5.71 Å². The molecule has 0 bridgehead atoms. The summed E-state index contributed by atoms with van der Waals surface area (Å²) in [6, 6.07) is 52.2. The van der Waals surface area contributed by atoms with Crippen molar-refractivity contribution >= 4 is 22.1 Å². The van der Waals surface area contributed by atoms with E-state index in [0.29, 0.717) is 23.4 Å². The number of nitrogens with zero attached hydrogens (tertiary/aromatic N) is 6. The molecule has 62 heavy (non-hydrogen) atoms. The van der Waals surface area contributed by atoms with Crippen molar-refractivity contribution in [2.75, 3.05) is 0 Å². The molecule has 0 aliphatic rings. The zero-order valence-corrected chi connectivity index (χ0v) is 37.5. The van der Waals surface area contributed by atoms with E-state index in [1.807, 2.05) is 79.7 Å². The molecule has 0 spiro atoms. The van der Waals surface area contributed by atoms with E-state index >= 15 is 0 Å². The summed E-state index contributed by atoms with van der Waals surface area (Å²) in [6.45, 7) is 11.0. The quantitative estimate of drug-likeness (QED) is 0.140. The van der Waals surface area contributed by atoms with Gasteiger partial charge in [0.05, 0.1) is 11.3 Å². The number of aromatic nitrogens is 6. The van der Waals surface area contributed by atoms with E-state index in [9.17, 15) is 0 Å². The number of benzene rings is 4. The molecule has 10 rings (SSSR count). The van der Waals surface area contributed by atoms with Crippen molar-refractivity contribution in [3.63, 3.8) is 0 Å². The van der Waals surface area contributed by atoms with Crippen LogP contribution in [0.3, 0.4) is 0 Å². The van der Waals surface area contributed by atoms with Crippen molar-refractivity contribution < 1.29 is 24.5 Å². The molecule has 0 saturated carbocycles. The van der Waals surface area contributed by atoms with E-state index in [0.717, 1.165) is 67.1 Å². The van der Waals surface area contributed by atoms with Crippen LogP contribution >= 0.6 is 0 Å². The number of hydrogen-bond acceptors (Lipinski definition) is 6. The van der Waals surface area contributed by atoms with Crippen LogP contribution in [0.15, 0.2) is 163 Å². The Kier molecular flexibility index (Phi) is 12.4. The van der Waals surface area contributed by atoms with Crippen LogP contribution in [0.4, 0.5) is 0 Å². The van der Waals surface area contributed by atoms with Gasteiger partial charge >= 0.3 is 20.1 Å². The second-order valence-electron chi connectivity index (χ2n) is 15.6. The molecule has 0 saturated heterocycles. The fraction of sp³-hybridized carbons (Fsp3) is 0.130. The molecule has 0 aliphatic heterocycles. The minimum atomic E-state index is 0. The molecule has 0 fully saturated rings. The molecule has 0 N–H and O–H groups in total. The Bertz CT molecular complexity index is 3050. The molecule has 0 aliphatic carbocycles. The van der Waals surface area contributed by atoms with Crippen molar-refractivity contribution in [3.8, 4) is 67.5 Å². The summed E-state index contributed by atoms with van der Waals surface area (Å²) in [4.78, 5) is 27.3. The zero-order chi connectivity index (χ0) is 41.9. The second kappa shape index (κ2) is 18.4. The van der Waals surface area contributed by atoms with Crippen LogP contribution < -0.4 is 4.98 Å². The third-order valence-electron chi connectivity index (χ3n) is 10.7. The van der Waals surface area contributed by atoms with Crippen LogP contribution in [0.2, 0.25) is 0 Å². The maximum atomic E-state index is 6.11. The van der Waals surface area contributed by atoms with Gasteiger partial charge in [-0.15, -0.1) is 48.0 Å². The number of fused-ring (bicyclic) bond motifs is 3. The molecule has 7 nitrogen and oxygen atoms in total. The molecule has 10 aromatic rings. The van der Waals surface area contributed by atoms with Crippen LogP contribution in [0, 0.1) is 19.1 Å². The van der Waals surface area contributed by atoms with Crippen LogP contribution in [-0.2, 0) is 20.1 Å². The van der Waals surface area contributed by atoms with Gasteiger partial charge in [0.1, 0.15) is 0 Å². The second-order valence-corrected chi connectivity index (χ2v) is 15.6. The van der Waals surface area contributed by atoms with E-state index in [1.54, 1.807) is 24.8 Å².